The fourth-order valence-electron chi connectivity index (χ4n) is 0.696. The lowest BCUT2D eigenvalue weighted by atomic mass is 10.5. The average Bonchev–Trinajstić information content (AvgIpc) is 2.41. The topological polar surface area (TPSA) is 95.2 Å². The van der Waals surface area contributed by atoms with E-state index in [-0.39, 0.29) is 19.6 Å². The Hall–Kier alpha value is -1.16. The summed E-state index contributed by atoms with van der Waals surface area (Å²) in [6.07, 6.45) is 0. The number of thioether (sulfide) groups is 2. The molecule has 0 atom stereocenters. The first kappa shape index (κ1) is 16.8. The largest absolute Gasteiger partial charge is 0.192 e. The number of thiol groups is 2. The van der Waals surface area contributed by atoms with Crippen LogP contribution in [-0.4, -0.2) is 11.5 Å². The van der Waals surface area contributed by atoms with Crippen molar-refractivity contribution >= 4 is 48.8 Å². The van der Waals surface area contributed by atoms with Crippen molar-refractivity contribution in [2.24, 2.45) is 0 Å². The van der Waals surface area contributed by atoms with Crippen LogP contribution in [0.4, 0.5) is 0 Å². The number of nitrogens with zero attached hydrogens (tertiary/aromatic N) is 4. The Morgan fingerprint density at radius 3 is 1.28 bits per heavy atom. The van der Waals surface area contributed by atoms with Gasteiger partial charge in [0.1, 0.15) is 43.9 Å². The first-order chi connectivity index (χ1) is 8.60. The maximum atomic E-state index is 8.76. The zero-order valence-electron chi connectivity index (χ0n) is 8.91. The number of hydrogen-bond donors (Lipinski definition) is 2. The average molecular weight is 310 g/mol. The molecule has 0 spiro atoms. The smallest absolute Gasteiger partial charge is 0.109 e. The highest BCUT2D eigenvalue weighted by molar-refractivity contribution is 8.07. The highest BCUT2D eigenvalue weighted by atomic mass is 32.2. The van der Waals surface area contributed by atoms with Crippen LogP contribution < -0.4 is 0 Å². The third kappa shape index (κ3) is 5.96. The van der Waals surface area contributed by atoms with E-state index in [4.69, 9.17) is 21.0 Å². The number of hydrogen-bond acceptors (Lipinski definition) is 8. The molecule has 0 rings (SSSR count). The van der Waals surface area contributed by atoms with Gasteiger partial charge in [-0.1, -0.05) is 0 Å². The van der Waals surface area contributed by atoms with Crippen molar-refractivity contribution in [2.45, 2.75) is 0 Å². The first-order valence-electron chi connectivity index (χ1n) is 4.33. The molecule has 0 heterocycles. The van der Waals surface area contributed by atoms with Crippen LogP contribution in [0.2, 0.25) is 0 Å². The fraction of sp³-hybridized carbons (Fsp3) is 0.200. The van der Waals surface area contributed by atoms with Crippen molar-refractivity contribution in [1.82, 2.24) is 0 Å². The van der Waals surface area contributed by atoms with Crippen LogP contribution in [0.1, 0.15) is 0 Å². The molecular formula is C10H6N4S4. The van der Waals surface area contributed by atoms with E-state index in [0.29, 0.717) is 11.5 Å². The second-order valence-corrected chi connectivity index (χ2v) is 5.60. The lowest BCUT2D eigenvalue weighted by Crippen LogP contribution is -1.87. The van der Waals surface area contributed by atoms with E-state index in [1.54, 1.807) is 12.1 Å². The van der Waals surface area contributed by atoms with E-state index >= 15 is 0 Å². The molecule has 0 aliphatic rings. The number of rotatable bonds is 5. The summed E-state index contributed by atoms with van der Waals surface area (Å²) >= 11 is 10.1. The van der Waals surface area contributed by atoms with Crippen molar-refractivity contribution in [3.63, 3.8) is 0 Å². The van der Waals surface area contributed by atoms with Gasteiger partial charge in [0.15, 0.2) is 0 Å². The second-order valence-electron chi connectivity index (χ2n) is 2.50. The molecule has 0 saturated heterocycles. The summed E-state index contributed by atoms with van der Waals surface area (Å²) in [5, 5.41) is 34.7. The Morgan fingerprint density at radius 1 is 0.722 bits per heavy atom. The maximum Gasteiger partial charge on any atom is 0.109 e. The lowest BCUT2D eigenvalue weighted by Gasteiger charge is -2.00. The fourth-order valence-corrected chi connectivity index (χ4v) is 2.75. The van der Waals surface area contributed by atoms with Gasteiger partial charge in [-0.15, -0.1) is 48.8 Å². The van der Waals surface area contributed by atoms with Gasteiger partial charge in [0.25, 0.3) is 0 Å². The summed E-state index contributed by atoms with van der Waals surface area (Å²) in [5.41, 5.74) is 0. The highest BCUT2D eigenvalue weighted by Gasteiger charge is 2.06. The van der Waals surface area contributed by atoms with E-state index in [2.05, 4.69) is 25.3 Å². The predicted molar refractivity (Wildman–Crippen MR) is 79.4 cm³/mol. The van der Waals surface area contributed by atoms with E-state index in [0.717, 1.165) is 0 Å². The lowest BCUT2D eigenvalue weighted by molar-refractivity contribution is 1.49. The van der Waals surface area contributed by atoms with E-state index < -0.39 is 0 Å². The van der Waals surface area contributed by atoms with Gasteiger partial charge in [-0.3, -0.25) is 0 Å². The van der Waals surface area contributed by atoms with E-state index in [1.165, 1.54) is 23.5 Å². The summed E-state index contributed by atoms with van der Waals surface area (Å²) in [6.45, 7) is 0. The Bertz CT molecular complexity index is 486. The van der Waals surface area contributed by atoms with Gasteiger partial charge in [-0.2, -0.15) is 21.0 Å². The molecule has 0 bridgehead atoms. The zero-order chi connectivity index (χ0) is 14.0. The first-order valence-corrected chi connectivity index (χ1v) is 7.19. The molecule has 0 N–H and O–H groups in total. The van der Waals surface area contributed by atoms with Gasteiger partial charge < -0.3 is 0 Å². The van der Waals surface area contributed by atoms with Crippen LogP contribution in [0.15, 0.2) is 19.6 Å². The van der Waals surface area contributed by atoms with Crippen LogP contribution in [-0.2, 0) is 0 Å². The molecule has 90 valence electrons. The standard InChI is InChI=1S/C10H6N4S4/c11-3-7(15)9(5-13)17-1-2-18-10(6-14)8(16)4-12/h15-16H,1-2H2/b9-7-,10-8-. The van der Waals surface area contributed by atoms with Gasteiger partial charge in [0.05, 0.1) is 0 Å². The van der Waals surface area contributed by atoms with Crippen molar-refractivity contribution in [1.29, 1.82) is 21.0 Å². The van der Waals surface area contributed by atoms with Gasteiger partial charge >= 0.3 is 0 Å². The van der Waals surface area contributed by atoms with Crippen LogP contribution >= 0.6 is 48.8 Å². The zero-order valence-corrected chi connectivity index (χ0v) is 12.3. The maximum absolute atomic E-state index is 8.76. The Labute approximate surface area is 125 Å². The third-order valence-corrected chi connectivity index (χ3v) is 4.61. The molecule has 0 saturated carbocycles. The molecule has 0 unspecified atom stereocenters. The Balaban J connectivity index is 4.36. The molecule has 4 nitrogen and oxygen atoms in total. The van der Waals surface area contributed by atoms with Crippen LogP contribution in [0.3, 0.4) is 0 Å². The van der Waals surface area contributed by atoms with Gasteiger partial charge in [-0.05, 0) is 0 Å². The minimum atomic E-state index is 0.0791. The van der Waals surface area contributed by atoms with E-state index in [1.807, 2.05) is 12.1 Å². The summed E-state index contributed by atoms with van der Waals surface area (Å²) in [4.78, 5) is 0.650. The van der Waals surface area contributed by atoms with Crippen LogP contribution in [0.25, 0.3) is 0 Å². The molecule has 0 aliphatic heterocycles. The van der Waals surface area contributed by atoms with Gasteiger partial charge in [0.2, 0.25) is 0 Å². The van der Waals surface area contributed by atoms with Crippen molar-refractivity contribution in [3.05, 3.63) is 19.6 Å². The molecule has 0 radical (unpaired) electrons. The normalized spacial score (nSPS) is 12.1. The van der Waals surface area contributed by atoms with Gasteiger partial charge in [0, 0.05) is 11.5 Å². The molecular weight excluding hydrogens is 304 g/mol. The molecule has 0 aliphatic carbocycles. The predicted octanol–water partition coefficient (Wildman–Crippen LogP) is 2.83. The number of nitriles is 4. The summed E-state index contributed by atoms with van der Waals surface area (Å²) < 4.78 is 0. The third-order valence-electron chi connectivity index (χ3n) is 1.42. The monoisotopic (exact) mass is 310 g/mol. The van der Waals surface area contributed by atoms with Crippen molar-refractivity contribution in [3.8, 4) is 24.3 Å². The molecule has 0 aromatic rings. The van der Waals surface area contributed by atoms with Gasteiger partial charge in [-0.25, -0.2) is 0 Å². The Kier molecular flexibility index (Phi) is 9.19. The second kappa shape index (κ2) is 9.83. The molecule has 0 amide bonds. The molecule has 8 heteroatoms. The van der Waals surface area contributed by atoms with Crippen molar-refractivity contribution < 1.29 is 0 Å². The van der Waals surface area contributed by atoms with Crippen LogP contribution in [0, 0.1) is 45.3 Å². The summed E-state index contributed by atoms with van der Waals surface area (Å²) in [7, 11) is 0. The van der Waals surface area contributed by atoms with E-state index in [9.17, 15) is 0 Å². The number of allylic oxidation sites excluding steroid dienone is 4. The van der Waals surface area contributed by atoms with Crippen molar-refractivity contribution in [2.75, 3.05) is 11.5 Å². The SMILES string of the molecule is N#C/C(S)=C(\C#N)SCCS/C(C#N)=C(\S)C#N. The Morgan fingerprint density at radius 2 is 1.06 bits per heavy atom. The molecule has 0 aromatic carbocycles. The molecule has 18 heavy (non-hydrogen) atoms. The quantitative estimate of drug-likeness (QED) is 0.460. The minimum Gasteiger partial charge on any atom is -0.192 e. The molecule has 0 aromatic heterocycles. The van der Waals surface area contributed by atoms with Crippen LogP contribution in [0.5, 0.6) is 0 Å². The minimum absolute atomic E-state index is 0.0791. The highest BCUT2D eigenvalue weighted by Crippen LogP contribution is 2.25. The molecule has 0 fully saturated rings. The summed E-state index contributed by atoms with van der Waals surface area (Å²) in [5.74, 6) is 1.05. The summed E-state index contributed by atoms with van der Waals surface area (Å²) in [6, 6.07) is 7.32.